The number of methoxy groups -OCH3 is 4. The van der Waals surface area contributed by atoms with Crippen molar-refractivity contribution >= 4 is 0 Å². The molecule has 6 heteroatoms. The van der Waals surface area contributed by atoms with E-state index in [1.165, 1.54) is 0 Å². The number of phenols is 1. The second kappa shape index (κ2) is 9.47. The fourth-order valence-corrected chi connectivity index (χ4v) is 4.37. The molecule has 3 rings (SSSR count). The largest absolute Gasteiger partial charge is 0.507 e. The lowest BCUT2D eigenvalue weighted by molar-refractivity contribution is 0.0945. The Labute approximate surface area is 178 Å². The molecule has 0 heterocycles. The van der Waals surface area contributed by atoms with Gasteiger partial charge in [-0.15, -0.1) is 0 Å². The molecule has 0 saturated heterocycles. The summed E-state index contributed by atoms with van der Waals surface area (Å²) in [5.41, 5.74) is 4.30. The average Bonchev–Trinajstić information content (AvgIpc) is 2.92. The van der Waals surface area contributed by atoms with Gasteiger partial charge in [-0.05, 0) is 49.4 Å². The van der Waals surface area contributed by atoms with Crippen molar-refractivity contribution in [2.75, 3.05) is 35.0 Å². The van der Waals surface area contributed by atoms with E-state index in [-0.39, 0.29) is 11.9 Å². The number of phenolic OH excluding ortho intramolecular Hbond substituents is 1. The topological polar surface area (TPSA) is 66.4 Å². The highest BCUT2D eigenvalue weighted by molar-refractivity contribution is 5.88. The molecule has 0 bridgehead atoms. The normalized spacial score (nSPS) is 15.1. The van der Waals surface area contributed by atoms with Crippen molar-refractivity contribution in [3.8, 4) is 39.9 Å². The summed E-state index contributed by atoms with van der Waals surface area (Å²) in [5.74, 6) is 2.67. The molecule has 164 valence electrons. The fraction of sp³-hybridized carbons (Fsp3) is 0.500. The molecule has 6 nitrogen and oxygen atoms in total. The maximum absolute atomic E-state index is 11.3. The van der Waals surface area contributed by atoms with Gasteiger partial charge in [-0.1, -0.05) is 13.3 Å². The Kier molecular flexibility index (Phi) is 6.98. The van der Waals surface area contributed by atoms with Gasteiger partial charge in [-0.3, -0.25) is 0 Å². The Morgan fingerprint density at radius 3 is 2.23 bits per heavy atom. The van der Waals surface area contributed by atoms with E-state index in [1.807, 2.05) is 19.1 Å². The number of aromatic hydroxyl groups is 1. The van der Waals surface area contributed by atoms with Crippen molar-refractivity contribution in [3.63, 3.8) is 0 Å². The first kappa shape index (κ1) is 22.1. The van der Waals surface area contributed by atoms with Crippen molar-refractivity contribution in [2.45, 2.75) is 45.6 Å². The van der Waals surface area contributed by atoms with E-state index in [0.29, 0.717) is 36.0 Å². The second-order valence-corrected chi connectivity index (χ2v) is 7.30. The minimum Gasteiger partial charge on any atom is -0.507 e. The van der Waals surface area contributed by atoms with Crippen LogP contribution < -0.4 is 18.9 Å². The molecule has 0 amide bonds. The summed E-state index contributed by atoms with van der Waals surface area (Å²) in [6, 6.07) is 3.92. The Hall–Kier alpha value is -2.60. The fourth-order valence-electron chi connectivity index (χ4n) is 4.37. The number of hydrogen-bond donors (Lipinski definition) is 1. The number of benzene rings is 2. The zero-order valence-electron chi connectivity index (χ0n) is 18.8. The molecule has 0 unspecified atom stereocenters. The molecule has 1 N–H and O–H groups in total. The zero-order chi connectivity index (χ0) is 21.8. The third-order valence-corrected chi connectivity index (χ3v) is 5.64. The summed E-state index contributed by atoms with van der Waals surface area (Å²) >= 11 is 0. The molecular weight excluding hydrogens is 384 g/mol. The summed E-state index contributed by atoms with van der Waals surface area (Å²) in [5, 5.41) is 11.3. The molecule has 30 heavy (non-hydrogen) atoms. The molecule has 0 aromatic heterocycles. The average molecular weight is 417 g/mol. The number of aryl methyl sites for hydroxylation is 2. The maximum Gasteiger partial charge on any atom is 0.203 e. The van der Waals surface area contributed by atoms with E-state index >= 15 is 0 Å². The molecular formula is C24H32O6. The molecule has 2 aromatic carbocycles. The molecule has 0 fully saturated rings. The minimum absolute atomic E-state index is 0.270. The van der Waals surface area contributed by atoms with Crippen molar-refractivity contribution in [1.29, 1.82) is 0 Å². The summed E-state index contributed by atoms with van der Waals surface area (Å²) in [6.07, 6.45) is 2.84. The van der Waals surface area contributed by atoms with E-state index in [1.54, 1.807) is 28.4 Å². The van der Waals surface area contributed by atoms with Gasteiger partial charge >= 0.3 is 0 Å². The van der Waals surface area contributed by atoms with E-state index < -0.39 is 0 Å². The summed E-state index contributed by atoms with van der Waals surface area (Å²) in [7, 11) is 6.49. The van der Waals surface area contributed by atoms with Crippen LogP contribution in [0.4, 0.5) is 0 Å². The number of hydrogen-bond acceptors (Lipinski definition) is 6. The summed E-state index contributed by atoms with van der Waals surface area (Å²) in [6.45, 7) is 4.55. The van der Waals surface area contributed by atoms with Gasteiger partial charge < -0.3 is 28.8 Å². The predicted molar refractivity (Wildman–Crippen MR) is 116 cm³/mol. The zero-order valence-corrected chi connectivity index (χ0v) is 18.8. The molecule has 1 aliphatic rings. The Balaban J connectivity index is 2.47. The Morgan fingerprint density at radius 1 is 0.933 bits per heavy atom. The summed E-state index contributed by atoms with van der Waals surface area (Å²) < 4.78 is 29.0. The lowest BCUT2D eigenvalue weighted by Gasteiger charge is -2.24. The van der Waals surface area contributed by atoms with Gasteiger partial charge in [0, 0.05) is 23.8 Å². The van der Waals surface area contributed by atoms with Crippen LogP contribution in [0.3, 0.4) is 0 Å². The third-order valence-electron chi connectivity index (χ3n) is 5.64. The van der Waals surface area contributed by atoms with Crippen molar-refractivity contribution in [1.82, 2.24) is 0 Å². The van der Waals surface area contributed by atoms with Crippen LogP contribution >= 0.6 is 0 Å². The molecule has 0 radical (unpaired) electrons. The van der Waals surface area contributed by atoms with Crippen LogP contribution in [-0.4, -0.2) is 40.2 Å². The van der Waals surface area contributed by atoms with Gasteiger partial charge in [-0.2, -0.15) is 0 Å². The molecule has 0 saturated carbocycles. The van der Waals surface area contributed by atoms with E-state index in [4.69, 9.17) is 23.7 Å². The quantitative estimate of drug-likeness (QED) is 0.648. The smallest absolute Gasteiger partial charge is 0.203 e. The van der Waals surface area contributed by atoms with Gasteiger partial charge in [0.2, 0.25) is 5.75 Å². The van der Waals surface area contributed by atoms with Crippen LogP contribution in [0.5, 0.6) is 28.7 Å². The van der Waals surface area contributed by atoms with Crippen molar-refractivity contribution < 1.29 is 28.8 Å². The second-order valence-electron chi connectivity index (χ2n) is 7.30. The maximum atomic E-state index is 11.3. The van der Waals surface area contributed by atoms with Gasteiger partial charge in [0.15, 0.2) is 11.5 Å². The van der Waals surface area contributed by atoms with Crippen LogP contribution in [0.25, 0.3) is 11.1 Å². The van der Waals surface area contributed by atoms with Crippen LogP contribution in [0.1, 0.15) is 49.5 Å². The van der Waals surface area contributed by atoms with Crippen LogP contribution in [0.15, 0.2) is 12.1 Å². The molecule has 0 spiro atoms. The third kappa shape index (κ3) is 3.65. The monoisotopic (exact) mass is 416 g/mol. The number of rotatable bonds is 8. The Morgan fingerprint density at radius 2 is 1.67 bits per heavy atom. The van der Waals surface area contributed by atoms with Crippen LogP contribution in [0.2, 0.25) is 0 Å². The minimum atomic E-state index is -0.273. The van der Waals surface area contributed by atoms with Gasteiger partial charge in [0.25, 0.3) is 0 Å². The first-order chi connectivity index (χ1) is 14.6. The predicted octanol–water partition coefficient (Wildman–Crippen LogP) is 5.07. The highest BCUT2D eigenvalue weighted by Gasteiger charge is 2.34. The van der Waals surface area contributed by atoms with Crippen molar-refractivity contribution in [3.05, 3.63) is 28.8 Å². The van der Waals surface area contributed by atoms with Crippen LogP contribution in [0, 0.1) is 0 Å². The highest BCUT2D eigenvalue weighted by atomic mass is 16.5. The molecule has 1 atom stereocenters. The van der Waals surface area contributed by atoms with E-state index in [9.17, 15) is 5.11 Å². The van der Waals surface area contributed by atoms with Crippen LogP contribution in [-0.2, 0) is 17.6 Å². The number of ether oxygens (including phenoxy) is 5. The Bertz CT molecular complexity index is 906. The molecule has 2 aromatic rings. The molecule has 0 aliphatic heterocycles. The van der Waals surface area contributed by atoms with E-state index in [2.05, 4.69) is 6.92 Å². The summed E-state index contributed by atoms with van der Waals surface area (Å²) in [4.78, 5) is 0. The van der Waals surface area contributed by atoms with Gasteiger partial charge in [0.05, 0.1) is 34.0 Å². The van der Waals surface area contributed by atoms with Gasteiger partial charge in [-0.25, -0.2) is 0 Å². The lowest BCUT2D eigenvalue weighted by Crippen LogP contribution is -2.07. The highest BCUT2D eigenvalue weighted by Crippen LogP contribution is 2.55. The molecule has 1 aliphatic carbocycles. The standard InChI is InChI=1S/C24H32O6/c1-7-9-15-13-17(30-8-2)20-19-14(10-11-16(26-3)21(20)22(15)25)12-18(27-4)23(28-5)24(19)29-6/h12-13,16,25H,7-11H2,1-6H3/t16-/m1/s1. The van der Waals surface area contributed by atoms with Crippen molar-refractivity contribution in [2.24, 2.45) is 0 Å². The van der Waals surface area contributed by atoms with E-state index in [0.717, 1.165) is 47.1 Å². The first-order valence-electron chi connectivity index (χ1n) is 10.4. The number of fused-ring (bicyclic) bond motifs is 3. The SMILES string of the molecule is CCCc1cc(OCC)c2c(c1O)[C@H](OC)CCc1cc(OC)c(OC)c(OC)c1-2. The first-order valence-corrected chi connectivity index (χ1v) is 10.4. The van der Waals surface area contributed by atoms with Gasteiger partial charge in [0.1, 0.15) is 11.5 Å². The lowest BCUT2D eigenvalue weighted by atomic mass is 9.90.